The predicted octanol–water partition coefficient (Wildman–Crippen LogP) is 4.64. The van der Waals surface area contributed by atoms with E-state index in [1.54, 1.807) is 12.1 Å². The number of aromatic nitrogens is 2. The third-order valence-corrected chi connectivity index (χ3v) is 6.23. The van der Waals surface area contributed by atoms with Gasteiger partial charge in [-0.3, -0.25) is 0 Å². The van der Waals surface area contributed by atoms with E-state index in [9.17, 15) is 13.2 Å². The number of rotatable bonds is 7. The van der Waals surface area contributed by atoms with Gasteiger partial charge in [0, 0.05) is 12.1 Å². The van der Waals surface area contributed by atoms with E-state index in [1.165, 1.54) is 12.1 Å². The van der Waals surface area contributed by atoms with Crippen LogP contribution in [0.25, 0.3) is 0 Å². The number of alkyl halides is 3. The fourth-order valence-electron chi connectivity index (χ4n) is 3.72. The number of anilines is 2. The molecule has 164 valence electrons. The topological polar surface area (TPSA) is 99.1 Å². The summed E-state index contributed by atoms with van der Waals surface area (Å²) in [6.45, 7) is 0.791. The number of nitrogen functional groups attached to an aromatic ring is 1. The van der Waals surface area contributed by atoms with E-state index in [-0.39, 0.29) is 24.1 Å². The van der Waals surface area contributed by atoms with Crippen molar-refractivity contribution in [1.82, 2.24) is 9.97 Å². The molecule has 0 spiro atoms. The van der Waals surface area contributed by atoms with E-state index in [0.29, 0.717) is 21.9 Å². The first kappa shape index (κ1) is 22.6. The highest BCUT2D eigenvalue weighted by Gasteiger charge is 2.32. The normalized spacial score (nSPS) is 19.5. The minimum Gasteiger partial charge on any atom is -0.405 e. The van der Waals surface area contributed by atoms with Gasteiger partial charge in [-0.2, -0.15) is 4.98 Å². The van der Waals surface area contributed by atoms with Crippen LogP contribution in [0.5, 0.6) is 5.75 Å². The molecule has 0 atom stereocenters. The molecule has 0 unspecified atom stereocenters. The molecule has 2 aromatic rings. The van der Waals surface area contributed by atoms with Crippen molar-refractivity contribution in [1.29, 1.82) is 0 Å². The van der Waals surface area contributed by atoms with Gasteiger partial charge < -0.3 is 21.5 Å². The Morgan fingerprint density at radius 3 is 2.43 bits per heavy atom. The summed E-state index contributed by atoms with van der Waals surface area (Å²) in [5, 5.41) is 2.96. The van der Waals surface area contributed by atoms with Crippen LogP contribution < -0.4 is 21.5 Å². The summed E-state index contributed by atoms with van der Waals surface area (Å²) in [5.41, 5.74) is 12.9. The summed E-state index contributed by atoms with van der Waals surface area (Å²) < 4.78 is 42.6. The maximum absolute atomic E-state index is 12.6. The minimum atomic E-state index is -4.76. The zero-order valence-corrected chi connectivity index (χ0v) is 18.0. The van der Waals surface area contributed by atoms with Crippen LogP contribution in [0.15, 0.2) is 28.7 Å². The lowest BCUT2D eigenvalue weighted by Gasteiger charge is -2.27. The van der Waals surface area contributed by atoms with Crippen molar-refractivity contribution >= 4 is 27.7 Å². The van der Waals surface area contributed by atoms with Gasteiger partial charge in [0.1, 0.15) is 11.6 Å². The molecule has 0 amide bonds. The van der Waals surface area contributed by atoms with Gasteiger partial charge in [-0.15, -0.1) is 13.2 Å². The summed E-state index contributed by atoms with van der Waals surface area (Å²) in [6.07, 6.45) is 0.394. The van der Waals surface area contributed by atoms with Crippen molar-refractivity contribution in [2.75, 3.05) is 17.6 Å². The average Bonchev–Trinajstić information content (AvgIpc) is 2.70. The van der Waals surface area contributed by atoms with Crippen LogP contribution >= 0.6 is 15.9 Å². The molecule has 1 saturated carbocycles. The SMILES string of the molecule is NCC1CCC(Cc2nc(NCc3ccccc3OC(F)(F)F)nc(N)c2Br)CC1. The van der Waals surface area contributed by atoms with Gasteiger partial charge in [0.2, 0.25) is 5.95 Å². The number of hydrogen-bond acceptors (Lipinski definition) is 6. The highest BCUT2D eigenvalue weighted by atomic mass is 79.9. The standard InChI is InChI=1S/C20H25BrF3N5O/c21-17-15(9-12-5-7-13(10-25)8-6-12)28-19(29-18(17)26)27-11-14-3-1-2-4-16(14)30-20(22,23)24/h1-4,12-13H,5-11,25H2,(H3,26,27,28,29). The molecule has 0 aliphatic heterocycles. The second-order valence-electron chi connectivity index (χ2n) is 7.53. The summed E-state index contributed by atoms with van der Waals surface area (Å²) in [5.74, 6) is 1.38. The summed E-state index contributed by atoms with van der Waals surface area (Å²) in [4.78, 5) is 8.75. The Morgan fingerprint density at radius 2 is 1.77 bits per heavy atom. The molecule has 1 aromatic heterocycles. The van der Waals surface area contributed by atoms with Crippen molar-refractivity contribution in [3.63, 3.8) is 0 Å². The van der Waals surface area contributed by atoms with Crippen LogP contribution in [0, 0.1) is 11.8 Å². The van der Waals surface area contributed by atoms with E-state index in [1.807, 2.05) is 0 Å². The number of nitrogens with two attached hydrogens (primary N) is 2. The third kappa shape index (κ3) is 6.21. The number of hydrogen-bond donors (Lipinski definition) is 3. The second-order valence-corrected chi connectivity index (χ2v) is 8.32. The molecule has 0 radical (unpaired) electrons. The van der Waals surface area contributed by atoms with Crippen LogP contribution in [-0.2, 0) is 13.0 Å². The minimum absolute atomic E-state index is 0.0639. The number of benzene rings is 1. The molecular formula is C20H25BrF3N5O. The summed E-state index contributed by atoms with van der Waals surface area (Å²) >= 11 is 3.46. The maximum Gasteiger partial charge on any atom is 0.573 e. The average molecular weight is 488 g/mol. The van der Waals surface area contributed by atoms with Crippen LogP contribution in [0.3, 0.4) is 0 Å². The number of para-hydroxylation sites is 1. The molecule has 30 heavy (non-hydrogen) atoms. The third-order valence-electron chi connectivity index (χ3n) is 5.36. The quantitative estimate of drug-likeness (QED) is 0.526. The van der Waals surface area contributed by atoms with E-state index < -0.39 is 6.36 Å². The van der Waals surface area contributed by atoms with Gasteiger partial charge in [0.25, 0.3) is 0 Å². The van der Waals surface area contributed by atoms with Gasteiger partial charge in [-0.05, 0) is 72.5 Å². The lowest BCUT2D eigenvalue weighted by Crippen LogP contribution is -2.23. The van der Waals surface area contributed by atoms with Gasteiger partial charge >= 0.3 is 6.36 Å². The highest BCUT2D eigenvalue weighted by Crippen LogP contribution is 2.33. The Morgan fingerprint density at radius 1 is 1.10 bits per heavy atom. The van der Waals surface area contributed by atoms with Gasteiger partial charge in [0.05, 0.1) is 10.2 Å². The Kier molecular flexibility index (Phi) is 7.41. The van der Waals surface area contributed by atoms with Crippen LogP contribution in [0.1, 0.15) is 36.9 Å². The van der Waals surface area contributed by atoms with Gasteiger partial charge in [-0.25, -0.2) is 4.98 Å². The van der Waals surface area contributed by atoms with E-state index >= 15 is 0 Å². The number of halogens is 4. The van der Waals surface area contributed by atoms with Crippen LogP contribution in [-0.4, -0.2) is 22.9 Å². The molecule has 1 aliphatic rings. The molecule has 3 rings (SSSR count). The van der Waals surface area contributed by atoms with Crippen molar-refractivity contribution in [2.45, 2.75) is 45.0 Å². The molecular weight excluding hydrogens is 463 g/mol. The number of ether oxygens (including phenoxy) is 1. The van der Waals surface area contributed by atoms with Crippen LogP contribution in [0.4, 0.5) is 24.9 Å². The molecule has 1 aliphatic carbocycles. The van der Waals surface area contributed by atoms with Crippen molar-refractivity contribution < 1.29 is 17.9 Å². The first-order chi connectivity index (χ1) is 14.2. The van der Waals surface area contributed by atoms with Crippen molar-refractivity contribution in [3.05, 3.63) is 40.0 Å². The second kappa shape index (κ2) is 9.82. The largest absolute Gasteiger partial charge is 0.573 e. The zero-order valence-electron chi connectivity index (χ0n) is 16.4. The predicted molar refractivity (Wildman–Crippen MR) is 113 cm³/mol. The highest BCUT2D eigenvalue weighted by molar-refractivity contribution is 9.10. The molecule has 0 saturated heterocycles. The number of nitrogens with zero attached hydrogens (tertiary/aromatic N) is 2. The van der Waals surface area contributed by atoms with Gasteiger partial charge in [0.15, 0.2) is 0 Å². The monoisotopic (exact) mass is 487 g/mol. The molecule has 1 aromatic carbocycles. The molecule has 0 bridgehead atoms. The van der Waals surface area contributed by atoms with E-state index in [2.05, 4.69) is 36.0 Å². The van der Waals surface area contributed by atoms with E-state index in [4.69, 9.17) is 11.5 Å². The zero-order chi connectivity index (χ0) is 21.7. The molecule has 1 heterocycles. The lowest BCUT2D eigenvalue weighted by molar-refractivity contribution is -0.274. The lowest BCUT2D eigenvalue weighted by atomic mass is 9.80. The Hall–Kier alpha value is -2.07. The molecule has 5 N–H and O–H groups in total. The maximum atomic E-state index is 12.6. The fourth-order valence-corrected chi connectivity index (χ4v) is 4.06. The Labute approximate surface area is 181 Å². The molecule has 1 fully saturated rings. The fraction of sp³-hybridized carbons (Fsp3) is 0.500. The Balaban J connectivity index is 1.69. The van der Waals surface area contributed by atoms with E-state index in [0.717, 1.165) is 44.3 Å². The van der Waals surface area contributed by atoms with Gasteiger partial charge in [-0.1, -0.05) is 18.2 Å². The van der Waals surface area contributed by atoms with Crippen molar-refractivity contribution in [2.24, 2.45) is 17.6 Å². The van der Waals surface area contributed by atoms with Crippen molar-refractivity contribution in [3.8, 4) is 5.75 Å². The first-order valence-corrected chi connectivity index (χ1v) is 10.6. The molecule has 10 heteroatoms. The smallest absolute Gasteiger partial charge is 0.405 e. The number of nitrogens with one attached hydrogen (secondary N) is 1. The van der Waals surface area contributed by atoms with Crippen LogP contribution in [0.2, 0.25) is 0 Å². The molecule has 6 nitrogen and oxygen atoms in total. The summed E-state index contributed by atoms with van der Waals surface area (Å²) in [6, 6.07) is 5.94. The first-order valence-electron chi connectivity index (χ1n) is 9.84. The Bertz CT molecular complexity index is 857. The summed E-state index contributed by atoms with van der Waals surface area (Å²) in [7, 11) is 0.